The minimum atomic E-state index is -1.31. The van der Waals surface area contributed by atoms with E-state index in [9.17, 15) is 14.4 Å². The average Bonchev–Trinajstić information content (AvgIpc) is 2.91. The molecule has 124 valence electrons. The van der Waals surface area contributed by atoms with Gasteiger partial charge in [-0.25, -0.2) is 0 Å². The van der Waals surface area contributed by atoms with Gasteiger partial charge in [-0.05, 0) is 24.6 Å². The number of ether oxygens (including phenoxy) is 3. The monoisotopic (exact) mass is 321 g/mol. The Morgan fingerprint density at radius 1 is 1.17 bits per heavy atom. The first-order valence-electron chi connectivity index (χ1n) is 7.03. The molecule has 1 fully saturated rings. The summed E-state index contributed by atoms with van der Waals surface area (Å²) in [6.45, 7) is 1.59. The minimum absolute atomic E-state index is 0.0707. The normalized spacial score (nSPS) is 19.7. The number of rotatable bonds is 5. The molecule has 1 aliphatic rings. The molecule has 0 aliphatic carbocycles. The lowest BCUT2D eigenvalue weighted by molar-refractivity contribution is -0.151. The molecule has 23 heavy (non-hydrogen) atoms. The first-order valence-corrected chi connectivity index (χ1v) is 7.03. The molecule has 7 nitrogen and oxygen atoms in total. The zero-order chi connectivity index (χ0) is 17.2. The molecule has 0 saturated carbocycles. The van der Waals surface area contributed by atoms with Crippen molar-refractivity contribution in [2.45, 2.75) is 18.8 Å². The molecular weight excluding hydrogens is 302 g/mol. The Hall–Kier alpha value is -2.57. The molecule has 1 aromatic rings. The maximum Gasteiger partial charge on any atom is 0.316 e. The number of hydrogen-bond donors (Lipinski definition) is 1. The average molecular weight is 321 g/mol. The standard InChI is InChI=1S/C16H19NO6/c1-16(15(20)23-4,10-8-13(18)17-14(10)19)9-5-6-11(21-2)12(7-9)22-3/h5-7,10H,8H2,1-4H3,(H,17,18,19). The molecule has 0 aromatic heterocycles. The largest absolute Gasteiger partial charge is 0.493 e. The SMILES string of the molecule is COC(=O)C(C)(c1ccc(OC)c(OC)c1)C1CC(=O)NC1=O. The summed E-state index contributed by atoms with van der Waals surface area (Å²) in [4.78, 5) is 36.1. The van der Waals surface area contributed by atoms with Crippen molar-refractivity contribution in [1.82, 2.24) is 5.32 Å². The predicted molar refractivity (Wildman–Crippen MR) is 80.2 cm³/mol. The van der Waals surface area contributed by atoms with Crippen LogP contribution in [0.4, 0.5) is 0 Å². The maximum absolute atomic E-state index is 12.4. The van der Waals surface area contributed by atoms with Gasteiger partial charge in [0.2, 0.25) is 11.8 Å². The fourth-order valence-electron chi connectivity index (χ4n) is 2.85. The Morgan fingerprint density at radius 2 is 1.83 bits per heavy atom. The second-order valence-electron chi connectivity index (χ2n) is 5.43. The van der Waals surface area contributed by atoms with Crippen LogP contribution in [0.25, 0.3) is 0 Å². The number of methoxy groups -OCH3 is 3. The Morgan fingerprint density at radius 3 is 2.30 bits per heavy atom. The van der Waals surface area contributed by atoms with Crippen LogP contribution >= 0.6 is 0 Å². The van der Waals surface area contributed by atoms with Crippen molar-refractivity contribution in [2.24, 2.45) is 5.92 Å². The van der Waals surface area contributed by atoms with E-state index < -0.39 is 29.1 Å². The van der Waals surface area contributed by atoms with Gasteiger partial charge < -0.3 is 14.2 Å². The van der Waals surface area contributed by atoms with Gasteiger partial charge >= 0.3 is 5.97 Å². The smallest absolute Gasteiger partial charge is 0.316 e. The molecule has 0 bridgehead atoms. The van der Waals surface area contributed by atoms with Crippen LogP contribution in [0.15, 0.2) is 18.2 Å². The van der Waals surface area contributed by atoms with E-state index in [4.69, 9.17) is 14.2 Å². The van der Waals surface area contributed by atoms with Crippen molar-refractivity contribution in [3.63, 3.8) is 0 Å². The molecule has 1 aliphatic heterocycles. The van der Waals surface area contributed by atoms with Crippen molar-refractivity contribution in [3.8, 4) is 11.5 Å². The predicted octanol–water partition coefficient (Wildman–Crippen LogP) is 0.797. The molecule has 1 heterocycles. The van der Waals surface area contributed by atoms with Crippen molar-refractivity contribution in [3.05, 3.63) is 23.8 Å². The van der Waals surface area contributed by atoms with Gasteiger partial charge in [0.15, 0.2) is 11.5 Å². The Bertz CT molecular complexity index is 656. The first-order chi connectivity index (χ1) is 10.9. The number of nitrogens with one attached hydrogen (secondary N) is 1. The summed E-state index contributed by atoms with van der Waals surface area (Å²) in [6, 6.07) is 4.92. The van der Waals surface area contributed by atoms with Crippen LogP contribution < -0.4 is 14.8 Å². The lowest BCUT2D eigenvalue weighted by Crippen LogP contribution is -2.44. The van der Waals surface area contributed by atoms with Crippen molar-refractivity contribution in [2.75, 3.05) is 21.3 Å². The second-order valence-corrected chi connectivity index (χ2v) is 5.43. The van der Waals surface area contributed by atoms with Gasteiger partial charge in [-0.1, -0.05) is 6.07 Å². The Kier molecular flexibility index (Phi) is 4.58. The van der Waals surface area contributed by atoms with Gasteiger partial charge in [-0.2, -0.15) is 0 Å². The molecule has 0 spiro atoms. The van der Waals surface area contributed by atoms with Crippen molar-refractivity contribution in [1.29, 1.82) is 0 Å². The van der Waals surface area contributed by atoms with Crippen molar-refractivity contribution >= 4 is 17.8 Å². The Labute approximate surface area is 133 Å². The fraction of sp³-hybridized carbons (Fsp3) is 0.438. The number of amides is 2. The van der Waals surface area contributed by atoms with Crippen LogP contribution in [0.1, 0.15) is 18.9 Å². The summed E-state index contributed by atoms with van der Waals surface area (Å²) in [5.74, 6) is -1.42. The van der Waals surface area contributed by atoms with E-state index >= 15 is 0 Å². The van der Waals surface area contributed by atoms with Gasteiger partial charge in [0.25, 0.3) is 0 Å². The van der Waals surface area contributed by atoms with E-state index in [1.54, 1.807) is 25.1 Å². The lowest BCUT2D eigenvalue weighted by Gasteiger charge is -2.31. The van der Waals surface area contributed by atoms with Gasteiger partial charge in [-0.15, -0.1) is 0 Å². The van der Waals surface area contributed by atoms with E-state index in [0.29, 0.717) is 17.1 Å². The highest BCUT2D eigenvalue weighted by atomic mass is 16.5. The van der Waals surface area contributed by atoms with E-state index in [-0.39, 0.29) is 6.42 Å². The molecule has 1 saturated heterocycles. The van der Waals surface area contributed by atoms with Crippen LogP contribution in [-0.4, -0.2) is 39.1 Å². The topological polar surface area (TPSA) is 90.9 Å². The zero-order valence-corrected chi connectivity index (χ0v) is 13.5. The third-order valence-electron chi connectivity index (χ3n) is 4.26. The number of imide groups is 1. The molecule has 1 N–H and O–H groups in total. The summed E-state index contributed by atoms with van der Waals surface area (Å²) in [6.07, 6.45) is -0.0707. The van der Waals surface area contributed by atoms with E-state index in [0.717, 1.165) is 0 Å². The van der Waals surface area contributed by atoms with Gasteiger partial charge in [0.1, 0.15) is 5.41 Å². The van der Waals surface area contributed by atoms with E-state index in [1.807, 2.05) is 0 Å². The maximum atomic E-state index is 12.4. The minimum Gasteiger partial charge on any atom is -0.493 e. The van der Waals surface area contributed by atoms with Crippen molar-refractivity contribution < 1.29 is 28.6 Å². The highest BCUT2D eigenvalue weighted by Gasteiger charge is 2.51. The summed E-state index contributed by atoms with van der Waals surface area (Å²) in [5.41, 5.74) is -0.804. The third-order valence-corrected chi connectivity index (χ3v) is 4.26. The second kappa shape index (κ2) is 6.28. The molecular formula is C16H19NO6. The summed E-state index contributed by atoms with van der Waals surface area (Å²) < 4.78 is 15.3. The molecule has 2 amide bonds. The van der Waals surface area contributed by atoms with E-state index in [1.165, 1.54) is 21.3 Å². The van der Waals surface area contributed by atoms with E-state index in [2.05, 4.69) is 5.32 Å². The first kappa shape index (κ1) is 16.8. The highest BCUT2D eigenvalue weighted by Crippen LogP contribution is 2.41. The van der Waals surface area contributed by atoms with Crippen LogP contribution in [-0.2, 0) is 24.5 Å². The number of benzene rings is 1. The molecule has 0 radical (unpaired) electrons. The van der Waals surface area contributed by atoms with Crippen LogP contribution in [0.2, 0.25) is 0 Å². The van der Waals surface area contributed by atoms with Gasteiger partial charge in [-0.3, -0.25) is 19.7 Å². The number of hydrogen-bond acceptors (Lipinski definition) is 6. The Balaban J connectivity index is 2.57. The molecule has 2 unspecified atom stereocenters. The van der Waals surface area contributed by atoms with Crippen LogP contribution in [0.3, 0.4) is 0 Å². The molecule has 1 aromatic carbocycles. The lowest BCUT2D eigenvalue weighted by atomic mass is 9.70. The van der Waals surface area contributed by atoms with Gasteiger partial charge in [0.05, 0.1) is 27.2 Å². The molecule has 2 rings (SSSR count). The fourth-order valence-corrected chi connectivity index (χ4v) is 2.85. The van der Waals surface area contributed by atoms with Crippen LogP contribution in [0.5, 0.6) is 11.5 Å². The summed E-state index contributed by atoms with van der Waals surface area (Å²) >= 11 is 0. The summed E-state index contributed by atoms with van der Waals surface area (Å²) in [7, 11) is 4.22. The quantitative estimate of drug-likeness (QED) is 0.637. The number of carbonyl (C=O) groups excluding carboxylic acids is 3. The highest BCUT2D eigenvalue weighted by molar-refractivity contribution is 6.07. The molecule has 2 atom stereocenters. The molecule has 7 heteroatoms. The third kappa shape index (κ3) is 2.74. The number of carbonyl (C=O) groups is 3. The van der Waals surface area contributed by atoms with Crippen LogP contribution in [0, 0.1) is 5.92 Å². The zero-order valence-electron chi connectivity index (χ0n) is 13.5. The summed E-state index contributed by atoms with van der Waals surface area (Å²) in [5, 5.41) is 2.23. The van der Waals surface area contributed by atoms with Gasteiger partial charge in [0, 0.05) is 6.42 Å². The number of esters is 1.